The van der Waals surface area contributed by atoms with Gasteiger partial charge in [-0.1, -0.05) is 0 Å². The SMILES string of the molecule is Cn1cnc(C2=NC=CC(=C(O)[N+](=O)[O-])N2)c1. The van der Waals surface area contributed by atoms with E-state index in [1.807, 2.05) is 0 Å². The van der Waals surface area contributed by atoms with E-state index in [4.69, 9.17) is 0 Å². The van der Waals surface area contributed by atoms with Gasteiger partial charge in [0.15, 0.2) is 11.5 Å². The van der Waals surface area contributed by atoms with Crippen molar-refractivity contribution in [1.82, 2.24) is 14.9 Å². The smallest absolute Gasteiger partial charge is 0.449 e. The maximum Gasteiger partial charge on any atom is 0.449 e. The van der Waals surface area contributed by atoms with Crippen LogP contribution in [-0.4, -0.2) is 25.4 Å². The normalized spacial score (nSPS) is 17.4. The van der Waals surface area contributed by atoms with Gasteiger partial charge < -0.3 is 15.0 Å². The number of hydrogen-bond donors (Lipinski definition) is 2. The molecule has 0 saturated heterocycles. The first kappa shape index (κ1) is 10.9. The summed E-state index contributed by atoms with van der Waals surface area (Å²) in [6.07, 6.45) is 5.95. The summed E-state index contributed by atoms with van der Waals surface area (Å²) in [5.74, 6) is -0.610. The van der Waals surface area contributed by atoms with Crippen molar-refractivity contribution in [3.05, 3.63) is 52.2 Å². The van der Waals surface area contributed by atoms with Gasteiger partial charge in [0.25, 0.3) is 0 Å². The number of imidazole rings is 1. The number of nitrogens with zero attached hydrogens (tertiary/aromatic N) is 4. The van der Waals surface area contributed by atoms with Crippen molar-refractivity contribution < 1.29 is 10.0 Å². The van der Waals surface area contributed by atoms with Gasteiger partial charge in [-0.3, -0.25) is 10.1 Å². The first-order valence-corrected chi connectivity index (χ1v) is 4.65. The van der Waals surface area contributed by atoms with Crippen LogP contribution < -0.4 is 5.32 Å². The zero-order valence-electron chi connectivity index (χ0n) is 8.86. The highest BCUT2D eigenvalue weighted by molar-refractivity contribution is 5.99. The molecular formula is C9H9N5O3. The van der Waals surface area contributed by atoms with Crippen LogP contribution in [0, 0.1) is 10.1 Å². The number of aliphatic hydroxyl groups is 1. The highest BCUT2D eigenvalue weighted by Gasteiger charge is 2.19. The number of amidine groups is 1. The van der Waals surface area contributed by atoms with E-state index in [1.165, 1.54) is 12.3 Å². The number of allylic oxidation sites excluding steroid dienone is 1. The van der Waals surface area contributed by atoms with E-state index in [0.29, 0.717) is 11.5 Å². The fourth-order valence-corrected chi connectivity index (χ4v) is 1.28. The fourth-order valence-electron chi connectivity index (χ4n) is 1.28. The molecule has 0 radical (unpaired) electrons. The Morgan fingerprint density at radius 2 is 2.41 bits per heavy atom. The monoisotopic (exact) mass is 235 g/mol. The standard InChI is InChI=1S/C9H9N5O3/c1-13-4-7(11-5-13)8-10-3-2-6(12-8)9(15)14(16)17/h2-5,15H,1H3,(H,10,12). The molecule has 0 bridgehead atoms. The highest BCUT2D eigenvalue weighted by Crippen LogP contribution is 2.08. The number of aliphatic imine (C=N–C) groups is 1. The van der Waals surface area contributed by atoms with Crippen molar-refractivity contribution in [2.75, 3.05) is 0 Å². The summed E-state index contributed by atoms with van der Waals surface area (Å²) in [4.78, 5) is 17.6. The van der Waals surface area contributed by atoms with E-state index < -0.39 is 10.8 Å². The highest BCUT2D eigenvalue weighted by atomic mass is 16.7. The lowest BCUT2D eigenvalue weighted by molar-refractivity contribution is -0.460. The number of aryl methyl sites for hydroxylation is 1. The molecule has 0 atom stereocenters. The Bertz CT molecular complexity index is 555. The zero-order valence-corrected chi connectivity index (χ0v) is 8.86. The quantitative estimate of drug-likeness (QED) is 0.435. The second-order valence-electron chi connectivity index (χ2n) is 3.34. The molecule has 2 rings (SSSR count). The van der Waals surface area contributed by atoms with Gasteiger partial charge >= 0.3 is 5.88 Å². The van der Waals surface area contributed by atoms with E-state index in [0.717, 1.165) is 0 Å². The summed E-state index contributed by atoms with van der Waals surface area (Å²) in [6.45, 7) is 0. The van der Waals surface area contributed by atoms with Gasteiger partial charge in [0.05, 0.1) is 6.33 Å². The molecule has 2 N–H and O–H groups in total. The molecule has 0 saturated carbocycles. The van der Waals surface area contributed by atoms with Gasteiger partial charge in [-0.05, 0) is 6.08 Å². The third-order valence-electron chi connectivity index (χ3n) is 2.06. The van der Waals surface area contributed by atoms with E-state index in [1.54, 1.807) is 24.1 Å². The van der Waals surface area contributed by atoms with E-state index in [9.17, 15) is 15.2 Å². The topological polar surface area (TPSA) is 106 Å². The molecule has 8 heteroatoms. The lowest BCUT2D eigenvalue weighted by Gasteiger charge is -2.09. The molecule has 2 heterocycles. The van der Waals surface area contributed by atoms with Crippen molar-refractivity contribution in [2.45, 2.75) is 0 Å². The number of aliphatic hydroxyl groups excluding tert-OH is 1. The van der Waals surface area contributed by atoms with Crippen molar-refractivity contribution >= 4 is 5.84 Å². The molecule has 17 heavy (non-hydrogen) atoms. The molecule has 1 aromatic rings. The van der Waals surface area contributed by atoms with E-state index >= 15 is 0 Å². The van der Waals surface area contributed by atoms with Crippen molar-refractivity contribution in [2.24, 2.45) is 12.0 Å². The lowest BCUT2D eigenvalue weighted by atomic mass is 10.3. The van der Waals surface area contributed by atoms with Crippen LogP contribution in [0.3, 0.4) is 0 Å². The van der Waals surface area contributed by atoms with Crippen molar-refractivity contribution in [3.8, 4) is 0 Å². The summed E-state index contributed by atoms with van der Waals surface area (Å²) in [6, 6.07) is 0. The average Bonchev–Trinajstić information content (AvgIpc) is 2.75. The second-order valence-corrected chi connectivity index (χ2v) is 3.34. The molecule has 8 nitrogen and oxygen atoms in total. The van der Waals surface area contributed by atoms with Crippen LogP contribution in [0.5, 0.6) is 0 Å². The Morgan fingerprint density at radius 1 is 1.65 bits per heavy atom. The van der Waals surface area contributed by atoms with Gasteiger partial charge in [0, 0.05) is 19.4 Å². The predicted octanol–water partition coefficient (Wildman–Crippen LogP) is 0.287. The summed E-state index contributed by atoms with van der Waals surface area (Å²) in [7, 11) is 1.79. The number of rotatable bonds is 2. The Kier molecular flexibility index (Phi) is 2.61. The molecule has 0 spiro atoms. The average molecular weight is 235 g/mol. The molecule has 0 unspecified atom stereocenters. The van der Waals surface area contributed by atoms with E-state index in [2.05, 4.69) is 15.3 Å². The number of nitro groups is 1. The van der Waals surface area contributed by atoms with Crippen molar-refractivity contribution in [3.63, 3.8) is 0 Å². The van der Waals surface area contributed by atoms with Gasteiger partial charge in [-0.2, -0.15) is 0 Å². The summed E-state index contributed by atoms with van der Waals surface area (Å²) in [5.41, 5.74) is 0.510. The number of hydrogen-bond acceptors (Lipinski definition) is 6. The van der Waals surface area contributed by atoms with Crippen LogP contribution in [0.4, 0.5) is 0 Å². The van der Waals surface area contributed by atoms with Gasteiger partial charge in [-0.15, -0.1) is 0 Å². The van der Waals surface area contributed by atoms with Crippen LogP contribution in [-0.2, 0) is 7.05 Å². The maximum atomic E-state index is 10.4. The number of nitrogens with one attached hydrogen (secondary N) is 1. The van der Waals surface area contributed by atoms with Crippen LogP contribution in [0.2, 0.25) is 0 Å². The van der Waals surface area contributed by atoms with Crippen LogP contribution in [0.1, 0.15) is 5.69 Å². The molecular weight excluding hydrogens is 226 g/mol. The minimum absolute atomic E-state index is 0.0225. The Labute approximate surface area is 95.8 Å². The van der Waals surface area contributed by atoms with Crippen LogP contribution >= 0.6 is 0 Å². The molecule has 1 aliphatic rings. The fraction of sp³-hybridized carbons (Fsp3) is 0.111. The third kappa shape index (κ3) is 2.14. The van der Waals surface area contributed by atoms with Crippen molar-refractivity contribution in [1.29, 1.82) is 0 Å². The Hall–Kier alpha value is -2.64. The molecule has 1 aromatic heterocycles. The van der Waals surface area contributed by atoms with Crippen LogP contribution in [0.25, 0.3) is 0 Å². The van der Waals surface area contributed by atoms with E-state index in [-0.39, 0.29) is 5.70 Å². The minimum atomic E-state index is -0.954. The third-order valence-corrected chi connectivity index (χ3v) is 2.06. The molecule has 0 fully saturated rings. The lowest BCUT2D eigenvalue weighted by Crippen LogP contribution is -2.27. The van der Waals surface area contributed by atoms with Gasteiger partial charge in [0.2, 0.25) is 0 Å². The molecule has 1 aliphatic heterocycles. The largest absolute Gasteiger partial charge is 0.454 e. The maximum absolute atomic E-state index is 10.4. The first-order chi connectivity index (χ1) is 8.08. The molecule has 88 valence electrons. The summed E-state index contributed by atoms with van der Waals surface area (Å²) >= 11 is 0. The van der Waals surface area contributed by atoms with Crippen LogP contribution in [0.15, 0.2) is 41.4 Å². The Morgan fingerprint density at radius 3 is 3.00 bits per heavy atom. The Balaban J connectivity index is 2.30. The summed E-state index contributed by atoms with van der Waals surface area (Å²) in [5, 5.41) is 22.3. The van der Waals surface area contributed by atoms with Gasteiger partial charge in [-0.25, -0.2) is 9.98 Å². The second kappa shape index (κ2) is 4.08. The van der Waals surface area contributed by atoms with Gasteiger partial charge in [0.1, 0.15) is 10.6 Å². The number of aromatic nitrogens is 2. The summed E-state index contributed by atoms with van der Waals surface area (Å²) < 4.78 is 1.72. The molecule has 0 amide bonds. The minimum Gasteiger partial charge on any atom is -0.454 e. The molecule has 0 aromatic carbocycles. The molecule has 0 aliphatic carbocycles. The predicted molar refractivity (Wildman–Crippen MR) is 58.7 cm³/mol. The zero-order chi connectivity index (χ0) is 12.4. The first-order valence-electron chi connectivity index (χ1n) is 4.65.